The minimum absolute atomic E-state index is 0.378. The molecule has 7 heteroatoms. The number of aliphatic imine (C=N–C) groups is 1. The second-order valence-corrected chi connectivity index (χ2v) is 7.31. The van der Waals surface area contributed by atoms with Crippen LogP contribution in [0.1, 0.15) is 37.7 Å². The van der Waals surface area contributed by atoms with Gasteiger partial charge in [0.2, 0.25) is 0 Å². The fourth-order valence-electron chi connectivity index (χ4n) is 3.45. The molecule has 1 saturated heterocycles. The van der Waals surface area contributed by atoms with Gasteiger partial charge in [-0.25, -0.2) is 0 Å². The van der Waals surface area contributed by atoms with Gasteiger partial charge in [0, 0.05) is 20.1 Å². The first-order valence-electron chi connectivity index (χ1n) is 9.66. The third-order valence-corrected chi connectivity index (χ3v) is 5.12. The molecule has 1 aromatic rings. The van der Waals surface area contributed by atoms with Crippen molar-refractivity contribution in [1.29, 1.82) is 0 Å². The zero-order valence-corrected chi connectivity index (χ0v) is 16.2. The van der Waals surface area contributed by atoms with Crippen molar-refractivity contribution >= 4 is 5.96 Å². The van der Waals surface area contributed by atoms with Crippen LogP contribution in [0.5, 0.6) is 0 Å². The number of halogens is 3. The quantitative estimate of drug-likeness (QED) is 0.557. The molecule has 0 amide bonds. The third-order valence-electron chi connectivity index (χ3n) is 5.12. The number of nitrogens with zero attached hydrogens (tertiary/aromatic N) is 2. The minimum Gasteiger partial charge on any atom is -0.356 e. The van der Waals surface area contributed by atoms with E-state index in [1.165, 1.54) is 10.5 Å². The van der Waals surface area contributed by atoms with Crippen LogP contribution in [-0.2, 0) is 0 Å². The number of hydrogen-bond donors (Lipinski definition) is 2. The number of benzene rings is 1. The fourth-order valence-corrected chi connectivity index (χ4v) is 3.45. The lowest BCUT2D eigenvalue weighted by atomic mass is 9.93. The molecule has 1 aliphatic rings. The van der Waals surface area contributed by atoms with Crippen LogP contribution in [-0.4, -0.2) is 56.8 Å². The Kier molecular flexibility index (Phi) is 8.41. The van der Waals surface area contributed by atoms with Gasteiger partial charge in [0.15, 0.2) is 5.96 Å². The molecule has 0 aromatic heterocycles. The van der Waals surface area contributed by atoms with Gasteiger partial charge >= 0.3 is 6.18 Å². The number of likely N-dealkylation sites (tertiary alicyclic amines) is 1. The van der Waals surface area contributed by atoms with Crippen molar-refractivity contribution in [3.63, 3.8) is 0 Å². The standard InChI is InChI=1S/C20H31F3N4/c1-16(18-6-4-3-5-7-18)14-26-19(24-2)25-11-8-17-9-12-27(13-10-17)15-20(21,22)23/h3-7,16-17H,8-15H2,1-2H3,(H2,24,25,26). The predicted octanol–water partition coefficient (Wildman–Crippen LogP) is 3.62. The van der Waals surface area contributed by atoms with Gasteiger partial charge in [0.25, 0.3) is 0 Å². The highest BCUT2D eigenvalue weighted by atomic mass is 19.4. The largest absolute Gasteiger partial charge is 0.401 e. The molecule has 0 aliphatic carbocycles. The summed E-state index contributed by atoms with van der Waals surface area (Å²) in [6.45, 7) is 4.03. The highest BCUT2D eigenvalue weighted by Crippen LogP contribution is 2.24. The van der Waals surface area contributed by atoms with E-state index in [0.717, 1.165) is 38.3 Å². The Labute approximate surface area is 160 Å². The fraction of sp³-hybridized carbons (Fsp3) is 0.650. The Morgan fingerprint density at radius 3 is 2.44 bits per heavy atom. The summed E-state index contributed by atoms with van der Waals surface area (Å²) >= 11 is 0. The SMILES string of the molecule is CN=C(NCCC1CCN(CC(F)(F)F)CC1)NCC(C)c1ccccc1. The first-order valence-corrected chi connectivity index (χ1v) is 9.66. The van der Waals surface area contributed by atoms with E-state index >= 15 is 0 Å². The molecule has 4 nitrogen and oxygen atoms in total. The zero-order valence-electron chi connectivity index (χ0n) is 16.2. The van der Waals surface area contributed by atoms with Gasteiger partial charge in [-0.2, -0.15) is 13.2 Å². The Morgan fingerprint density at radius 2 is 1.85 bits per heavy atom. The summed E-state index contributed by atoms with van der Waals surface area (Å²) in [6.07, 6.45) is -1.48. The van der Waals surface area contributed by atoms with Crippen molar-refractivity contribution < 1.29 is 13.2 Å². The van der Waals surface area contributed by atoms with E-state index in [-0.39, 0.29) is 0 Å². The van der Waals surface area contributed by atoms with Gasteiger partial charge in [0.05, 0.1) is 6.54 Å². The lowest BCUT2D eigenvalue weighted by molar-refractivity contribution is -0.148. The van der Waals surface area contributed by atoms with E-state index in [1.807, 2.05) is 18.2 Å². The van der Waals surface area contributed by atoms with Crippen LogP contribution >= 0.6 is 0 Å². The normalized spacial score (nSPS) is 18.3. The Bertz CT molecular complexity index is 566. The molecule has 1 fully saturated rings. The summed E-state index contributed by atoms with van der Waals surface area (Å²) in [4.78, 5) is 5.76. The van der Waals surface area contributed by atoms with Crippen molar-refractivity contribution in [2.45, 2.75) is 38.3 Å². The number of piperidine rings is 1. The molecule has 1 aromatic carbocycles. The molecular formula is C20H31F3N4. The van der Waals surface area contributed by atoms with E-state index in [0.29, 0.717) is 24.9 Å². The minimum atomic E-state index is -4.09. The van der Waals surface area contributed by atoms with Gasteiger partial charge in [0.1, 0.15) is 0 Å². The first-order chi connectivity index (χ1) is 12.9. The number of hydrogen-bond acceptors (Lipinski definition) is 2. The molecule has 0 saturated carbocycles. The third kappa shape index (κ3) is 8.20. The van der Waals surface area contributed by atoms with Crippen molar-refractivity contribution in [3.05, 3.63) is 35.9 Å². The summed E-state index contributed by atoms with van der Waals surface area (Å²) in [6, 6.07) is 10.3. The van der Waals surface area contributed by atoms with E-state index in [2.05, 4.69) is 34.7 Å². The molecule has 1 heterocycles. The molecule has 152 valence electrons. The second kappa shape index (κ2) is 10.5. The zero-order chi connectivity index (χ0) is 19.7. The molecule has 0 spiro atoms. The van der Waals surface area contributed by atoms with Gasteiger partial charge < -0.3 is 10.6 Å². The molecular weight excluding hydrogens is 353 g/mol. The maximum absolute atomic E-state index is 12.4. The van der Waals surface area contributed by atoms with E-state index in [4.69, 9.17) is 0 Å². The maximum atomic E-state index is 12.4. The molecule has 2 rings (SSSR count). The van der Waals surface area contributed by atoms with Crippen molar-refractivity contribution in [2.75, 3.05) is 39.8 Å². The van der Waals surface area contributed by atoms with Crippen LogP contribution in [0.25, 0.3) is 0 Å². The van der Waals surface area contributed by atoms with Gasteiger partial charge in [-0.15, -0.1) is 0 Å². The molecule has 0 bridgehead atoms. The summed E-state index contributed by atoms with van der Waals surface area (Å²) in [5, 5.41) is 6.66. The molecule has 27 heavy (non-hydrogen) atoms. The smallest absolute Gasteiger partial charge is 0.356 e. The highest BCUT2D eigenvalue weighted by molar-refractivity contribution is 5.79. The molecule has 1 aliphatic heterocycles. The van der Waals surface area contributed by atoms with Crippen LogP contribution in [0.2, 0.25) is 0 Å². The Hall–Kier alpha value is -1.76. The monoisotopic (exact) mass is 384 g/mol. The van der Waals surface area contributed by atoms with Gasteiger partial charge in [-0.3, -0.25) is 9.89 Å². The average Bonchev–Trinajstić information content (AvgIpc) is 2.65. The van der Waals surface area contributed by atoms with Crippen LogP contribution in [0.4, 0.5) is 13.2 Å². The summed E-state index contributed by atoms with van der Waals surface area (Å²) in [7, 11) is 1.75. The lowest BCUT2D eigenvalue weighted by Gasteiger charge is -2.32. The maximum Gasteiger partial charge on any atom is 0.401 e. The van der Waals surface area contributed by atoms with E-state index < -0.39 is 12.7 Å². The average molecular weight is 384 g/mol. The predicted molar refractivity (Wildman–Crippen MR) is 104 cm³/mol. The number of guanidine groups is 1. The Balaban J connectivity index is 1.63. The van der Waals surface area contributed by atoms with Crippen LogP contribution in [0.15, 0.2) is 35.3 Å². The molecule has 2 N–H and O–H groups in total. The molecule has 0 radical (unpaired) electrons. The number of alkyl halides is 3. The van der Waals surface area contributed by atoms with Crippen LogP contribution in [0.3, 0.4) is 0 Å². The van der Waals surface area contributed by atoms with Crippen molar-refractivity contribution in [2.24, 2.45) is 10.9 Å². The summed E-state index contributed by atoms with van der Waals surface area (Å²) in [5.41, 5.74) is 1.28. The topological polar surface area (TPSA) is 39.7 Å². The van der Waals surface area contributed by atoms with Gasteiger partial charge in [-0.1, -0.05) is 37.3 Å². The summed E-state index contributed by atoms with van der Waals surface area (Å²) in [5.74, 6) is 1.62. The molecule has 1 unspecified atom stereocenters. The van der Waals surface area contributed by atoms with Crippen molar-refractivity contribution in [3.8, 4) is 0 Å². The van der Waals surface area contributed by atoms with Crippen molar-refractivity contribution in [1.82, 2.24) is 15.5 Å². The first kappa shape index (κ1) is 21.5. The summed E-state index contributed by atoms with van der Waals surface area (Å²) < 4.78 is 37.3. The number of nitrogens with one attached hydrogen (secondary N) is 2. The Morgan fingerprint density at radius 1 is 1.19 bits per heavy atom. The van der Waals surface area contributed by atoms with Crippen LogP contribution in [0, 0.1) is 5.92 Å². The lowest BCUT2D eigenvalue weighted by Crippen LogP contribution is -2.42. The number of rotatable bonds is 7. The second-order valence-electron chi connectivity index (χ2n) is 7.31. The van der Waals surface area contributed by atoms with Gasteiger partial charge in [-0.05, 0) is 49.8 Å². The highest BCUT2D eigenvalue weighted by Gasteiger charge is 2.32. The molecule has 1 atom stereocenters. The van der Waals surface area contributed by atoms with E-state index in [1.54, 1.807) is 7.05 Å². The van der Waals surface area contributed by atoms with E-state index in [9.17, 15) is 13.2 Å². The van der Waals surface area contributed by atoms with Crippen LogP contribution < -0.4 is 10.6 Å².